The standard InChI is InChI=1S/C32H41N5O3/c1-5-13-32(14-6-2)24-16-20(9-11-22(24)23-12-10-21(33)17-25(23)32)26-18-34-29(35-26)27-8-7-15-37(27)30(38)28(19(3)4)36-31(39)40/h9-12,16-19,27-28,36H,5-8,13-15,33H2,1-4H3,(H,34,35)(H,39,40)/t27-,28-/m0/s1. The van der Waals surface area contributed by atoms with Crippen molar-refractivity contribution in [2.45, 2.75) is 83.7 Å². The highest BCUT2D eigenvalue weighted by Gasteiger charge is 2.42. The second kappa shape index (κ2) is 11.0. The van der Waals surface area contributed by atoms with Crippen LogP contribution in [-0.4, -0.2) is 44.6 Å². The number of likely N-dealkylation sites (tertiary alicyclic amines) is 1. The number of nitrogen functional groups attached to an aromatic ring is 1. The molecule has 5 rings (SSSR count). The fourth-order valence-electron chi connectivity index (χ4n) is 6.99. The Morgan fingerprint density at radius 2 is 1.80 bits per heavy atom. The van der Waals surface area contributed by atoms with Gasteiger partial charge in [-0.2, -0.15) is 0 Å². The molecular weight excluding hydrogens is 502 g/mol. The number of hydrogen-bond acceptors (Lipinski definition) is 4. The molecule has 2 atom stereocenters. The van der Waals surface area contributed by atoms with Gasteiger partial charge in [0.25, 0.3) is 0 Å². The highest BCUT2D eigenvalue weighted by Crippen LogP contribution is 2.55. The van der Waals surface area contributed by atoms with Gasteiger partial charge in [-0.1, -0.05) is 58.7 Å². The first-order chi connectivity index (χ1) is 19.2. The number of imidazole rings is 1. The normalized spacial score (nSPS) is 18.0. The Morgan fingerprint density at radius 1 is 1.12 bits per heavy atom. The molecule has 2 aromatic carbocycles. The molecule has 40 heavy (non-hydrogen) atoms. The van der Waals surface area contributed by atoms with Crippen molar-refractivity contribution in [2.24, 2.45) is 5.92 Å². The topological polar surface area (TPSA) is 124 Å². The maximum absolute atomic E-state index is 13.4. The van der Waals surface area contributed by atoms with Gasteiger partial charge in [-0.3, -0.25) is 4.79 Å². The van der Waals surface area contributed by atoms with E-state index in [0.29, 0.717) is 6.54 Å². The van der Waals surface area contributed by atoms with E-state index in [1.54, 1.807) is 4.90 Å². The van der Waals surface area contributed by atoms with Crippen LogP contribution < -0.4 is 11.1 Å². The maximum Gasteiger partial charge on any atom is 0.405 e. The van der Waals surface area contributed by atoms with Gasteiger partial charge in [-0.15, -0.1) is 0 Å². The van der Waals surface area contributed by atoms with Gasteiger partial charge in [-0.25, -0.2) is 9.78 Å². The summed E-state index contributed by atoms with van der Waals surface area (Å²) in [5.41, 5.74) is 14.2. The van der Waals surface area contributed by atoms with E-state index in [1.807, 2.05) is 26.1 Å². The predicted octanol–water partition coefficient (Wildman–Crippen LogP) is 6.48. The van der Waals surface area contributed by atoms with Crippen molar-refractivity contribution in [2.75, 3.05) is 12.3 Å². The average molecular weight is 544 g/mol. The van der Waals surface area contributed by atoms with Crippen LogP contribution in [0, 0.1) is 5.92 Å². The zero-order valence-corrected chi connectivity index (χ0v) is 24.0. The molecule has 1 aliphatic heterocycles. The number of nitrogens with zero attached hydrogens (tertiary/aromatic N) is 2. The maximum atomic E-state index is 13.4. The molecule has 2 amide bonds. The molecule has 2 heterocycles. The largest absolute Gasteiger partial charge is 0.465 e. The predicted molar refractivity (Wildman–Crippen MR) is 158 cm³/mol. The fourth-order valence-corrected chi connectivity index (χ4v) is 6.99. The SMILES string of the molecule is CCCC1(CCC)c2cc(N)ccc2-c2ccc(-c3cnc([C@@H]4CCCN4C(=O)[C@@H](NC(=O)O)C(C)C)[nH]3)cc21. The summed E-state index contributed by atoms with van der Waals surface area (Å²) >= 11 is 0. The first-order valence-electron chi connectivity index (χ1n) is 14.6. The summed E-state index contributed by atoms with van der Waals surface area (Å²) in [5.74, 6) is 0.384. The third kappa shape index (κ3) is 4.73. The van der Waals surface area contributed by atoms with Crippen LogP contribution in [0.1, 0.15) is 89.2 Å². The Balaban J connectivity index is 1.48. The Bertz CT molecular complexity index is 1410. The van der Waals surface area contributed by atoms with Crippen LogP contribution >= 0.6 is 0 Å². The molecule has 1 fully saturated rings. The number of carboxylic acid groups (broad SMARTS) is 1. The Kier molecular flexibility index (Phi) is 7.62. The number of fused-ring (bicyclic) bond motifs is 3. The number of aromatic amines is 1. The minimum absolute atomic E-state index is 0.0694. The molecule has 3 aromatic rings. The first kappa shape index (κ1) is 27.7. The minimum Gasteiger partial charge on any atom is -0.465 e. The van der Waals surface area contributed by atoms with Crippen LogP contribution in [0.2, 0.25) is 0 Å². The molecule has 0 radical (unpaired) electrons. The van der Waals surface area contributed by atoms with Crippen molar-refractivity contribution >= 4 is 17.7 Å². The molecule has 0 bridgehead atoms. The molecule has 5 N–H and O–H groups in total. The van der Waals surface area contributed by atoms with Gasteiger partial charge in [0.15, 0.2) is 0 Å². The molecule has 8 nitrogen and oxygen atoms in total. The fraction of sp³-hybridized carbons (Fsp3) is 0.469. The minimum atomic E-state index is -1.19. The van der Waals surface area contributed by atoms with Crippen molar-refractivity contribution in [1.29, 1.82) is 0 Å². The number of rotatable bonds is 9. The summed E-state index contributed by atoms with van der Waals surface area (Å²) in [6, 6.07) is 12.0. The third-order valence-electron chi connectivity index (χ3n) is 8.71. The van der Waals surface area contributed by atoms with Crippen molar-refractivity contribution in [1.82, 2.24) is 20.2 Å². The Morgan fingerprint density at radius 3 is 2.45 bits per heavy atom. The van der Waals surface area contributed by atoms with Crippen LogP contribution in [0.4, 0.5) is 10.5 Å². The van der Waals surface area contributed by atoms with Crippen LogP contribution in [0.5, 0.6) is 0 Å². The van der Waals surface area contributed by atoms with Crippen LogP contribution in [0.3, 0.4) is 0 Å². The Labute approximate surface area is 236 Å². The summed E-state index contributed by atoms with van der Waals surface area (Å²) in [5, 5.41) is 11.7. The van der Waals surface area contributed by atoms with Crippen molar-refractivity contribution in [3.63, 3.8) is 0 Å². The number of carbonyl (C=O) groups is 2. The number of nitrogens with two attached hydrogens (primary N) is 1. The van der Waals surface area contributed by atoms with Gasteiger partial charge < -0.3 is 26.0 Å². The summed E-state index contributed by atoms with van der Waals surface area (Å²) in [4.78, 5) is 34.7. The summed E-state index contributed by atoms with van der Waals surface area (Å²) in [6.07, 6.45) is 6.57. The number of carbonyl (C=O) groups excluding carboxylic acids is 1. The average Bonchev–Trinajstić information content (AvgIpc) is 3.65. The highest BCUT2D eigenvalue weighted by atomic mass is 16.4. The summed E-state index contributed by atoms with van der Waals surface area (Å²) in [7, 11) is 0. The first-order valence-corrected chi connectivity index (χ1v) is 14.6. The summed E-state index contributed by atoms with van der Waals surface area (Å²) < 4.78 is 0. The number of aromatic nitrogens is 2. The molecule has 0 saturated carbocycles. The van der Waals surface area contributed by atoms with E-state index in [4.69, 9.17) is 10.7 Å². The monoisotopic (exact) mass is 543 g/mol. The van der Waals surface area contributed by atoms with E-state index >= 15 is 0 Å². The third-order valence-corrected chi connectivity index (χ3v) is 8.71. The number of anilines is 1. The van der Waals surface area contributed by atoms with Crippen LogP contribution in [0.25, 0.3) is 22.4 Å². The molecule has 2 aliphatic rings. The van der Waals surface area contributed by atoms with Gasteiger partial charge in [0.1, 0.15) is 11.9 Å². The lowest BCUT2D eigenvalue weighted by Crippen LogP contribution is -2.50. The lowest BCUT2D eigenvalue weighted by molar-refractivity contribution is -0.135. The van der Waals surface area contributed by atoms with Gasteiger partial charge in [0.05, 0.1) is 17.9 Å². The number of hydrogen-bond donors (Lipinski definition) is 4. The van der Waals surface area contributed by atoms with E-state index in [1.165, 1.54) is 22.3 Å². The number of nitrogens with one attached hydrogen (secondary N) is 2. The van der Waals surface area contributed by atoms with E-state index < -0.39 is 12.1 Å². The van der Waals surface area contributed by atoms with E-state index in [-0.39, 0.29) is 23.3 Å². The van der Waals surface area contributed by atoms with Crippen LogP contribution in [0.15, 0.2) is 42.6 Å². The van der Waals surface area contributed by atoms with Gasteiger partial charge in [0.2, 0.25) is 5.91 Å². The summed E-state index contributed by atoms with van der Waals surface area (Å²) in [6.45, 7) is 8.78. The second-order valence-electron chi connectivity index (χ2n) is 11.7. The Hall–Kier alpha value is -3.81. The van der Waals surface area contributed by atoms with Crippen molar-refractivity contribution in [3.8, 4) is 22.4 Å². The zero-order valence-electron chi connectivity index (χ0n) is 24.0. The molecule has 8 heteroatoms. The number of benzene rings is 2. The number of amides is 2. The molecule has 1 aliphatic carbocycles. The molecule has 0 unspecified atom stereocenters. The quantitative estimate of drug-likeness (QED) is 0.230. The van der Waals surface area contributed by atoms with Gasteiger partial charge >= 0.3 is 6.09 Å². The van der Waals surface area contributed by atoms with E-state index in [0.717, 1.165) is 61.3 Å². The molecule has 212 valence electrons. The molecule has 1 saturated heterocycles. The van der Waals surface area contributed by atoms with Crippen LogP contribution in [-0.2, 0) is 10.2 Å². The molecule has 0 spiro atoms. The zero-order chi connectivity index (χ0) is 28.6. The molecule has 1 aromatic heterocycles. The highest BCUT2D eigenvalue weighted by molar-refractivity contribution is 5.86. The second-order valence-corrected chi connectivity index (χ2v) is 11.7. The van der Waals surface area contributed by atoms with E-state index in [9.17, 15) is 14.7 Å². The van der Waals surface area contributed by atoms with E-state index in [2.05, 4.69) is 54.5 Å². The smallest absolute Gasteiger partial charge is 0.405 e. The van der Waals surface area contributed by atoms with Gasteiger partial charge in [0, 0.05) is 17.6 Å². The lowest BCUT2D eigenvalue weighted by Gasteiger charge is -2.32. The number of H-pyrrole nitrogens is 1. The lowest BCUT2D eigenvalue weighted by atomic mass is 9.71. The van der Waals surface area contributed by atoms with Crippen molar-refractivity contribution in [3.05, 3.63) is 59.5 Å². The van der Waals surface area contributed by atoms with Crippen molar-refractivity contribution < 1.29 is 14.7 Å². The molecular formula is C32H41N5O3. The van der Waals surface area contributed by atoms with Gasteiger partial charge in [-0.05, 0) is 77.6 Å².